The number of hydrogen-bond donors (Lipinski definition) is 0. The van der Waals surface area contributed by atoms with Crippen molar-refractivity contribution >= 4 is 55.4 Å². The highest BCUT2D eigenvalue weighted by Crippen LogP contribution is 2.45. The third kappa shape index (κ3) is 2.88. The summed E-state index contributed by atoms with van der Waals surface area (Å²) >= 11 is 0. The zero-order valence-corrected chi connectivity index (χ0v) is 21.7. The summed E-state index contributed by atoms with van der Waals surface area (Å²) in [6.45, 7) is 5.01. The van der Waals surface area contributed by atoms with E-state index in [1.54, 1.807) is 0 Å². The van der Waals surface area contributed by atoms with Crippen molar-refractivity contribution in [1.82, 2.24) is 0 Å². The Labute approximate surface area is 224 Å². The highest BCUT2D eigenvalue weighted by atomic mass is 14.3. The van der Waals surface area contributed by atoms with Crippen LogP contribution in [0.3, 0.4) is 0 Å². The molecule has 1 heteroatoms. The molecule has 0 amide bonds. The summed E-state index contributed by atoms with van der Waals surface area (Å²) in [4.78, 5) is 0. The summed E-state index contributed by atoms with van der Waals surface area (Å²) in [5.41, 5.74) is 9.45. The molecule has 1 aliphatic rings. The van der Waals surface area contributed by atoms with E-state index in [4.69, 9.17) is 0 Å². The molecule has 0 N–H and O–H groups in total. The maximum atomic E-state index is 2.49. The van der Waals surface area contributed by atoms with Crippen molar-refractivity contribution in [3.63, 3.8) is 0 Å². The Bertz CT molecular complexity index is 1980. The molecular weight excluding hydrogens is 455 g/mol. The van der Waals surface area contributed by atoms with E-state index < -0.39 is 0 Å². The Hall–Kier alpha value is -4.36. The molecule has 38 heavy (non-hydrogen) atoms. The highest BCUT2D eigenvalue weighted by molar-refractivity contribution is 6.97. The normalized spacial score (nSPS) is 14.2. The molecule has 0 aromatic heterocycles. The van der Waals surface area contributed by atoms with Crippen molar-refractivity contribution in [2.75, 3.05) is 0 Å². The maximum absolute atomic E-state index is 2.49. The first-order valence-corrected chi connectivity index (χ1v) is 13.6. The largest absolute Gasteiger partial charge is 0.242 e. The van der Waals surface area contributed by atoms with Crippen LogP contribution in [0, 0.1) is 0 Å². The lowest BCUT2D eigenvalue weighted by atomic mass is 9.36. The molecule has 0 bridgehead atoms. The molecular formula is C37H27B. The fraction of sp³-hybridized carbons (Fsp3) is 0.0811. The van der Waals surface area contributed by atoms with Crippen LogP contribution < -0.4 is 16.4 Å². The zero-order valence-electron chi connectivity index (χ0n) is 21.7. The molecule has 0 aliphatic carbocycles. The van der Waals surface area contributed by atoms with E-state index in [2.05, 4.69) is 141 Å². The van der Waals surface area contributed by atoms with Gasteiger partial charge in [0.25, 0.3) is 0 Å². The summed E-state index contributed by atoms with van der Waals surface area (Å²) in [5, 5.41) is 8.21. The predicted octanol–water partition coefficient (Wildman–Crippen LogP) is 7.41. The van der Waals surface area contributed by atoms with E-state index in [1.165, 1.54) is 71.0 Å². The van der Waals surface area contributed by atoms with Crippen LogP contribution in [0.5, 0.6) is 0 Å². The Kier molecular flexibility index (Phi) is 4.47. The van der Waals surface area contributed by atoms with Crippen LogP contribution in [0.15, 0.2) is 127 Å². The van der Waals surface area contributed by atoms with E-state index in [1.807, 2.05) is 0 Å². The molecule has 0 spiro atoms. The molecule has 0 atom stereocenters. The molecule has 0 saturated heterocycles. The molecule has 0 fully saturated rings. The van der Waals surface area contributed by atoms with E-state index >= 15 is 0 Å². The Morgan fingerprint density at radius 3 is 2.00 bits per heavy atom. The molecule has 178 valence electrons. The minimum Gasteiger partial charge on any atom is -0.0686 e. The minimum atomic E-state index is -0.138. The van der Waals surface area contributed by atoms with Crippen LogP contribution in [0.4, 0.5) is 0 Å². The molecule has 0 radical (unpaired) electrons. The number of fused-ring (bicyclic) bond motifs is 1. The lowest BCUT2D eigenvalue weighted by Gasteiger charge is -2.29. The van der Waals surface area contributed by atoms with Gasteiger partial charge in [-0.05, 0) is 60.6 Å². The summed E-state index contributed by atoms with van der Waals surface area (Å²) in [6, 6.07) is 47.6. The van der Waals surface area contributed by atoms with Crippen LogP contribution in [-0.4, -0.2) is 6.71 Å². The summed E-state index contributed by atoms with van der Waals surface area (Å²) < 4.78 is 0. The van der Waals surface area contributed by atoms with Gasteiger partial charge in [-0.25, -0.2) is 0 Å². The summed E-state index contributed by atoms with van der Waals surface area (Å²) in [5.74, 6) is 0. The summed E-state index contributed by atoms with van der Waals surface area (Å²) in [6.07, 6.45) is 0. The average Bonchev–Trinajstić information content (AvgIpc) is 3.05. The Morgan fingerprint density at radius 1 is 0.500 bits per heavy atom. The second-order valence-corrected chi connectivity index (χ2v) is 11.3. The van der Waals surface area contributed by atoms with Gasteiger partial charge in [-0.15, -0.1) is 0 Å². The van der Waals surface area contributed by atoms with Crippen molar-refractivity contribution < 1.29 is 0 Å². The Balaban J connectivity index is 1.58. The molecule has 0 unspecified atom stereocenters. The molecule has 0 saturated carbocycles. The minimum absolute atomic E-state index is 0.138. The summed E-state index contributed by atoms with van der Waals surface area (Å²) in [7, 11) is 0. The van der Waals surface area contributed by atoms with Crippen LogP contribution in [0.25, 0.3) is 43.4 Å². The van der Waals surface area contributed by atoms with Gasteiger partial charge in [-0.2, -0.15) is 0 Å². The highest BCUT2D eigenvalue weighted by Gasteiger charge is 2.38. The van der Waals surface area contributed by atoms with Gasteiger partial charge in [0.1, 0.15) is 0 Å². The van der Waals surface area contributed by atoms with Crippen LogP contribution in [-0.2, 0) is 5.41 Å². The average molecular weight is 482 g/mol. The fourth-order valence-corrected chi connectivity index (χ4v) is 7.18. The van der Waals surface area contributed by atoms with Crippen molar-refractivity contribution in [3.8, 4) is 11.1 Å². The van der Waals surface area contributed by atoms with E-state index in [-0.39, 0.29) is 12.1 Å². The molecule has 7 aromatic rings. The van der Waals surface area contributed by atoms with Gasteiger partial charge in [-0.3, -0.25) is 0 Å². The third-order valence-electron chi connectivity index (χ3n) is 8.94. The monoisotopic (exact) mass is 482 g/mol. The van der Waals surface area contributed by atoms with Crippen LogP contribution in [0.1, 0.15) is 25.0 Å². The first kappa shape index (κ1) is 21.7. The first-order valence-electron chi connectivity index (χ1n) is 13.6. The van der Waals surface area contributed by atoms with Crippen molar-refractivity contribution in [1.29, 1.82) is 0 Å². The topological polar surface area (TPSA) is 0 Å². The van der Waals surface area contributed by atoms with Crippen molar-refractivity contribution in [2.24, 2.45) is 0 Å². The molecule has 7 aromatic carbocycles. The first-order chi connectivity index (χ1) is 18.6. The maximum Gasteiger partial charge on any atom is 0.242 e. The zero-order chi connectivity index (χ0) is 25.4. The Morgan fingerprint density at radius 2 is 1.18 bits per heavy atom. The number of benzene rings is 7. The molecule has 0 nitrogen and oxygen atoms in total. The van der Waals surface area contributed by atoms with Gasteiger partial charge in [-0.1, -0.05) is 152 Å². The van der Waals surface area contributed by atoms with Gasteiger partial charge in [0.15, 0.2) is 0 Å². The smallest absolute Gasteiger partial charge is 0.0686 e. The predicted molar refractivity (Wildman–Crippen MR) is 165 cm³/mol. The van der Waals surface area contributed by atoms with Gasteiger partial charge in [0.05, 0.1) is 0 Å². The van der Waals surface area contributed by atoms with Gasteiger partial charge < -0.3 is 0 Å². The number of hydrogen-bond acceptors (Lipinski definition) is 0. The van der Waals surface area contributed by atoms with Crippen LogP contribution in [0.2, 0.25) is 0 Å². The van der Waals surface area contributed by atoms with E-state index in [0.717, 1.165) is 0 Å². The van der Waals surface area contributed by atoms with Crippen molar-refractivity contribution in [2.45, 2.75) is 19.3 Å². The molecule has 8 rings (SSSR count). The lowest BCUT2D eigenvalue weighted by Crippen LogP contribution is -2.53. The third-order valence-corrected chi connectivity index (χ3v) is 8.94. The number of rotatable bonds is 2. The standard InChI is InChI=1S/C37H27B/c1-37(2)30-15-9-10-16-32(30)38(27-13-7-4-8-14-27)33-22-19-25-17-21-29-28(24-11-5-3-6-12-24)20-18-26-23-31(37)36(33)35(25)34(26)29/h3-23H,1-2H3. The molecule has 1 heterocycles. The van der Waals surface area contributed by atoms with E-state index in [9.17, 15) is 0 Å². The van der Waals surface area contributed by atoms with Gasteiger partial charge in [0.2, 0.25) is 6.71 Å². The SMILES string of the molecule is CC1(C)c2ccccc2B(c2ccccc2)c2ccc3ccc4c(-c5ccccc5)ccc5cc1c2c3c54. The quantitative estimate of drug-likeness (QED) is 0.178. The van der Waals surface area contributed by atoms with Gasteiger partial charge in [0, 0.05) is 5.41 Å². The lowest BCUT2D eigenvalue weighted by molar-refractivity contribution is 0.653. The fourth-order valence-electron chi connectivity index (χ4n) is 7.18. The second kappa shape index (κ2) is 7.82. The van der Waals surface area contributed by atoms with Gasteiger partial charge >= 0.3 is 0 Å². The molecule has 1 aliphatic heterocycles. The van der Waals surface area contributed by atoms with Crippen molar-refractivity contribution in [3.05, 3.63) is 139 Å². The second-order valence-electron chi connectivity index (χ2n) is 11.3. The van der Waals surface area contributed by atoms with E-state index in [0.29, 0.717) is 0 Å². The van der Waals surface area contributed by atoms with Crippen LogP contribution >= 0.6 is 0 Å².